The van der Waals surface area contributed by atoms with Crippen molar-refractivity contribution in [3.8, 4) is 33.5 Å². The molecule has 0 radical (unpaired) electrons. The van der Waals surface area contributed by atoms with Gasteiger partial charge >= 0.3 is 0 Å². The summed E-state index contributed by atoms with van der Waals surface area (Å²) >= 11 is 12.5. The zero-order valence-electron chi connectivity index (χ0n) is 18.4. The van der Waals surface area contributed by atoms with Crippen LogP contribution in [-0.2, 0) is 0 Å². The number of hydrogen-bond donors (Lipinski definition) is 1. The molecule has 0 spiro atoms. The van der Waals surface area contributed by atoms with Gasteiger partial charge in [0.15, 0.2) is 0 Å². The van der Waals surface area contributed by atoms with Gasteiger partial charge in [-0.3, -0.25) is 4.79 Å². The number of benzene rings is 4. The van der Waals surface area contributed by atoms with E-state index in [9.17, 15) is 4.79 Å². The van der Waals surface area contributed by atoms with Gasteiger partial charge in [-0.1, -0.05) is 83.9 Å². The lowest BCUT2D eigenvalue weighted by Crippen LogP contribution is -2.12. The van der Waals surface area contributed by atoms with E-state index in [0.29, 0.717) is 21.3 Å². The summed E-state index contributed by atoms with van der Waals surface area (Å²) in [5, 5.41) is 3.13. The smallest absolute Gasteiger partial charge is 0.258 e. The van der Waals surface area contributed by atoms with Crippen LogP contribution in [0.4, 0.5) is 0 Å². The molecule has 0 aliphatic heterocycles. The monoisotopic (exact) mass is 492 g/mol. The van der Waals surface area contributed by atoms with E-state index in [1.54, 1.807) is 6.07 Å². The Bertz CT molecular complexity index is 1780. The van der Waals surface area contributed by atoms with Crippen molar-refractivity contribution in [1.29, 1.82) is 0 Å². The Balaban J connectivity index is 1.74. The summed E-state index contributed by atoms with van der Waals surface area (Å²) in [6, 6.07) is 33.0. The molecule has 2 aromatic heterocycles. The molecule has 1 N–H and O–H groups in total. The van der Waals surface area contributed by atoms with E-state index in [1.165, 1.54) is 0 Å². The Hall–Kier alpha value is -3.92. The van der Waals surface area contributed by atoms with Crippen LogP contribution >= 0.6 is 23.2 Å². The third-order valence-corrected chi connectivity index (χ3v) is 6.65. The fourth-order valence-corrected chi connectivity index (χ4v) is 4.88. The van der Waals surface area contributed by atoms with Crippen LogP contribution < -0.4 is 5.56 Å². The number of halogens is 2. The molecule has 0 fully saturated rings. The fourth-order valence-electron chi connectivity index (χ4n) is 4.59. The zero-order chi connectivity index (χ0) is 23.9. The Kier molecular flexibility index (Phi) is 5.37. The Morgan fingerprint density at radius 3 is 2.14 bits per heavy atom. The average Bonchev–Trinajstić information content (AvgIpc) is 2.88. The van der Waals surface area contributed by atoms with Crippen LogP contribution in [0.1, 0.15) is 0 Å². The number of pyridine rings is 2. The van der Waals surface area contributed by atoms with Crippen molar-refractivity contribution in [2.45, 2.75) is 0 Å². The second-order valence-electron chi connectivity index (χ2n) is 8.34. The zero-order valence-corrected chi connectivity index (χ0v) is 19.9. The Morgan fingerprint density at radius 2 is 1.34 bits per heavy atom. The van der Waals surface area contributed by atoms with Crippen molar-refractivity contribution in [3.05, 3.63) is 124 Å². The van der Waals surface area contributed by atoms with Gasteiger partial charge < -0.3 is 4.98 Å². The predicted octanol–water partition coefficient (Wildman–Crippen LogP) is 8.38. The maximum absolute atomic E-state index is 13.6. The molecule has 0 atom stereocenters. The van der Waals surface area contributed by atoms with Crippen LogP contribution in [0.25, 0.3) is 55.3 Å². The Morgan fingerprint density at radius 1 is 0.629 bits per heavy atom. The lowest BCUT2D eigenvalue weighted by atomic mass is 9.92. The van der Waals surface area contributed by atoms with Crippen LogP contribution in [-0.4, -0.2) is 9.97 Å². The fraction of sp³-hybridized carbons (Fsp3) is 0. The molecule has 35 heavy (non-hydrogen) atoms. The lowest BCUT2D eigenvalue weighted by Gasteiger charge is -2.15. The molecule has 3 nitrogen and oxygen atoms in total. The molecular weight excluding hydrogens is 475 g/mol. The van der Waals surface area contributed by atoms with Gasteiger partial charge in [-0.05, 0) is 59.2 Å². The summed E-state index contributed by atoms with van der Waals surface area (Å²) in [6.45, 7) is 0. The number of para-hydroxylation sites is 1. The van der Waals surface area contributed by atoms with Gasteiger partial charge in [-0.2, -0.15) is 0 Å². The van der Waals surface area contributed by atoms with E-state index in [-0.39, 0.29) is 5.56 Å². The maximum Gasteiger partial charge on any atom is 0.258 e. The molecule has 168 valence electrons. The topological polar surface area (TPSA) is 45.8 Å². The second-order valence-corrected chi connectivity index (χ2v) is 9.21. The summed E-state index contributed by atoms with van der Waals surface area (Å²) in [6.07, 6.45) is 0. The van der Waals surface area contributed by atoms with Gasteiger partial charge in [-0.25, -0.2) is 4.98 Å². The summed E-state index contributed by atoms with van der Waals surface area (Å²) in [5.74, 6) is 0. The molecule has 0 bridgehead atoms. The van der Waals surface area contributed by atoms with E-state index in [2.05, 4.69) is 4.98 Å². The maximum atomic E-state index is 13.6. The van der Waals surface area contributed by atoms with Gasteiger partial charge in [0.1, 0.15) is 0 Å². The summed E-state index contributed by atoms with van der Waals surface area (Å²) in [4.78, 5) is 21.6. The molecule has 0 saturated carbocycles. The quantitative estimate of drug-likeness (QED) is 0.269. The molecular formula is C30H18Cl2N2O. The largest absolute Gasteiger partial charge is 0.321 e. The number of H-pyrrole nitrogens is 1. The molecule has 6 rings (SSSR count). The first-order valence-corrected chi connectivity index (χ1v) is 11.9. The van der Waals surface area contributed by atoms with Crippen LogP contribution in [0, 0.1) is 0 Å². The van der Waals surface area contributed by atoms with Crippen LogP contribution in [0.15, 0.2) is 108 Å². The van der Waals surface area contributed by atoms with E-state index >= 15 is 0 Å². The number of rotatable bonds is 3. The van der Waals surface area contributed by atoms with E-state index in [1.807, 2.05) is 97.1 Å². The van der Waals surface area contributed by atoms with Crippen molar-refractivity contribution in [2.24, 2.45) is 0 Å². The average molecular weight is 493 g/mol. The summed E-state index contributed by atoms with van der Waals surface area (Å²) in [5.41, 5.74) is 6.12. The third-order valence-electron chi connectivity index (χ3n) is 6.17. The molecule has 0 aliphatic carbocycles. The van der Waals surface area contributed by atoms with Gasteiger partial charge in [0.25, 0.3) is 5.56 Å². The predicted molar refractivity (Wildman–Crippen MR) is 146 cm³/mol. The van der Waals surface area contributed by atoms with Crippen LogP contribution in [0.5, 0.6) is 0 Å². The SMILES string of the molecule is O=c1[nH]c2ccc(Cl)cc2c(-c2ccccc2)c1-c1cc(-c2ccc(Cl)cc2)c2ccccc2n1. The molecule has 0 aliphatic rings. The highest BCUT2D eigenvalue weighted by Crippen LogP contribution is 2.38. The van der Waals surface area contributed by atoms with Crippen molar-refractivity contribution in [3.63, 3.8) is 0 Å². The van der Waals surface area contributed by atoms with Gasteiger partial charge in [0, 0.05) is 31.9 Å². The van der Waals surface area contributed by atoms with E-state index in [0.717, 1.165) is 44.1 Å². The number of aromatic amines is 1. The molecule has 2 heterocycles. The highest BCUT2D eigenvalue weighted by molar-refractivity contribution is 6.31. The van der Waals surface area contributed by atoms with E-state index < -0.39 is 0 Å². The first-order chi connectivity index (χ1) is 17.1. The lowest BCUT2D eigenvalue weighted by molar-refractivity contribution is 1.28. The summed E-state index contributed by atoms with van der Waals surface area (Å²) in [7, 11) is 0. The number of nitrogens with one attached hydrogen (secondary N) is 1. The Labute approximate surface area is 211 Å². The standard InChI is InChI=1S/C30H18Cl2N2O/c31-20-12-10-18(11-13-20)23-17-27(33-25-9-5-4-8-22(23)25)29-28(19-6-2-1-3-7-19)24-16-21(32)14-15-26(24)34-30(29)35/h1-17H,(H,34,35). The number of nitrogens with zero attached hydrogens (tertiary/aromatic N) is 1. The number of fused-ring (bicyclic) bond motifs is 2. The highest BCUT2D eigenvalue weighted by atomic mass is 35.5. The van der Waals surface area contributed by atoms with Crippen molar-refractivity contribution in [2.75, 3.05) is 0 Å². The summed E-state index contributed by atoms with van der Waals surface area (Å²) < 4.78 is 0. The minimum atomic E-state index is -0.205. The normalized spacial score (nSPS) is 11.3. The van der Waals surface area contributed by atoms with Crippen LogP contribution in [0.2, 0.25) is 10.0 Å². The molecule has 0 unspecified atom stereocenters. The van der Waals surface area contributed by atoms with Crippen molar-refractivity contribution in [1.82, 2.24) is 9.97 Å². The molecule has 5 heteroatoms. The third kappa shape index (κ3) is 3.89. The first-order valence-electron chi connectivity index (χ1n) is 11.2. The van der Waals surface area contributed by atoms with E-state index in [4.69, 9.17) is 28.2 Å². The van der Waals surface area contributed by atoms with Crippen LogP contribution in [0.3, 0.4) is 0 Å². The van der Waals surface area contributed by atoms with Gasteiger partial charge in [-0.15, -0.1) is 0 Å². The van der Waals surface area contributed by atoms with Crippen molar-refractivity contribution >= 4 is 45.0 Å². The van der Waals surface area contributed by atoms with Gasteiger partial charge in [0.05, 0.1) is 16.8 Å². The second kappa shape index (κ2) is 8.70. The molecule has 0 amide bonds. The molecule has 0 saturated heterocycles. The minimum absolute atomic E-state index is 0.205. The van der Waals surface area contributed by atoms with Crippen molar-refractivity contribution < 1.29 is 0 Å². The number of aromatic nitrogens is 2. The first kappa shape index (κ1) is 21.6. The highest BCUT2D eigenvalue weighted by Gasteiger charge is 2.19. The number of hydrogen-bond acceptors (Lipinski definition) is 2. The molecule has 4 aromatic carbocycles. The minimum Gasteiger partial charge on any atom is -0.321 e. The van der Waals surface area contributed by atoms with Gasteiger partial charge in [0.2, 0.25) is 0 Å². The molecule has 6 aromatic rings.